The Morgan fingerprint density at radius 2 is 2.00 bits per heavy atom. The summed E-state index contributed by atoms with van der Waals surface area (Å²) in [4.78, 5) is 12.8. The molecule has 28 heavy (non-hydrogen) atoms. The van der Waals surface area contributed by atoms with E-state index in [1.54, 1.807) is 18.3 Å². The van der Waals surface area contributed by atoms with Gasteiger partial charge in [0.1, 0.15) is 17.3 Å². The first-order valence-corrected chi connectivity index (χ1v) is 9.36. The van der Waals surface area contributed by atoms with Crippen LogP contribution in [0.15, 0.2) is 42.6 Å². The number of aromatic nitrogens is 2. The Kier molecular flexibility index (Phi) is 5.94. The Morgan fingerprint density at radius 1 is 1.29 bits per heavy atom. The molecule has 0 aliphatic heterocycles. The number of benzene rings is 2. The number of hydrogen-bond donors (Lipinski definition) is 2. The maximum Gasteiger partial charge on any atom is 0.256 e. The summed E-state index contributed by atoms with van der Waals surface area (Å²) in [5.74, 6) is 0.521. The van der Waals surface area contributed by atoms with Crippen LogP contribution in [0.4, 0.5) is 4.39 Å². The topological polar surface area (TPSA) is 82.2 Å². The first-order chi connectivity index (χ1) is 13.4. The first-order valence-electron chi connectivity index (χ1n) is 9.36. The molecule has 0 saturated carbocycles. The standard InChI is InChI=1S/C21H25FN4O2/c1-4-20(23)25-21(27)17-10-18-14(11-24-26(18)12-13(2)3)9-19(17)28-16-7-5-15(22)6-8-16/h5-11,13,20H,4,12,23H2,1-3H3,(H,25,27). The van der Waals surface area contributed by atoms with Gasteiger partial charge in [-0.25, -0.2) is 4.39 Å². The minimum Gasteiger partial charge on any atom is -0.457 e. The summed E-state index contributed by atoms with van der Waals surface area (Å²) in [6.07, 6.45) is 1.89. The third kappa shape index (κ3) is 4.48. The zero-order chi connectivity index (χ0) is 20.3. The highest BCUT2D eigenvalue weighted by atomic mass is 19.1. The van der Waals surface area contributed by atoms with E-state index in [0.29, 0.717) is 29.4 Å². The van der Waals surface area contributed by atoms with Crippen molar-refractivity contribution in [3.63, 3.8) is 0 Å². The minimum atomic E-state index is -0.456. The Hall–Kier alpha value is -2.93. The van der Waals surface area contributed by atoms with E-state index in [4.69, 9.17) is 10.5 Å². The molecule has 1 heterocycles. The van der Waals surface area contributed by atoms with Crippen molar-refractivity contribution >= 4 is 16.8 Å². The van der Waals surface area contributed by atoms with Gasteiger partial charge in [0, 0.05) is 11.9 Å². The Bertz CT molecular complexity index is 966. The average molecular weight is 384 g/mol. The summed E-state index contributed by atoms with van der Waals surface area (Å²) in [5, 5.41) is 8.05. The monoisotopic (exact) mass is 384 g/mol. The fourth-order valence-electron chi connectivity index (χ4n) is 2.84. The van der Waals surface area contributed by atoms with Crippen molar-refractivity contribution in [1.82, 2.24) is 15.1 Å². The lowest BCUT2D eigenvalue weighted by atomic mass is 10.1. The first kappa shape index (κ1) is 19.8. The second-order valence-electron chi connectivity index (χ2n) is 7.17. The highest BCUT2D eigenvalue weighted by molar-refractivity contribution is 6.01. The predicted molar refractivity (Wildman–Crippen MR) is 107 cm³/mol. The third-order valence-electron chi connectivity index (χ3n) is 4.32. The molecule has 0 fully saturated rings. The number of nitrogens with one attached hydrogen (secondary N) is 1. The van der Waals surface area contributed by atoms with Gasteiger partial charge in [0.05, 0.1) is 23.4 Å². The van der Waals surface area contributed by atoms with Crippen LogP contribution in [-0.2, 0) is 6.54 Å². The molecule has 0 aliphatic rings. The fraction of sp³-hybridized carbons (Fsp3) is 0.333. The SMILES string of the molecule is CCC(N)NC(=O)c1cc2c(cnn2CC(C)C)cc1Oc1ccc(F)cc1. The molecule has 2 aromatic carbocycles. The van der Waals surface area contributed by atoms with Gasteiger partial charge in [-0.15, -0.1) is 0 Å². The maximum atomic E-state index is 13.2. The minimum absolute atomic E-state index is 0.328. The van der Waals surface area contributed by atoms with Gasteiger partial charge in [-0.2, -0.15) is 5.10 Å². The van der Waals surface area contributed by atoms with Crippen molar-refractivity contribution < 1.29 is 13.9 Å². The molecule has 3 rings (SSSR count). The Balaban J connectivity index is 2.04. The largest absolute Gasteiger partial charge is 0.457 e. The van der Waals surface area contributed by atoms with Crippen LogP contribution in [0.1, 0.15) is 37.6 Å². The fourth-order valence-corrected chi connectivity index (χ4v) is 2.84. The van der Waals surface area contributed by atoms with E-state index < -0.39 is 6.17 Å². The van der Waals surface area contributed by atoms with Gasteiger partial charge in [0.15, 0.2) is 0 Å². The quantitative estimate of drug-likeness (QED) is 0.602. The summed E-state index contributed by atoms with van der Waals surface area (Å²) in [6, 6.07) is 9.18. The van der Waals surface area contributed by atoms with Crippen molar-refractivity contribution in [2.24, 2.45) is 11.7 Å². The van der Waals surface area contributed by atoms with Crippen molar-refractivity contribution in [3.05, 3.63) is 54.0 Å². The number of carbonyl (C=O) groups excluding carboxylic acids is 1. The molecule has 1 atom stereocenters. The lowest BCUT2D eigenvalue weighted by Crippen LogP contribution is -2.41. The van der Waals surface area contributed by atoms with E-state index >= 15 is 0 Å². The van der Waals surface area contributed by atoms with Crippen LogP contribution >= 0.6 is 0 Å². The summed E-state index contributed by atoms with van der Waals surface area (Å²) in [6.45, 7) is 6.83. The summed E-state index contributed by atoms with van der Waals surface area (Å²) < 4.78 is 21.0. The highest BCUT2D eigenvalue weighted by Crippen LogP contribution is 2.30. The van der Waals surface area contributed by atoms with Crippen molar-refractivity contribution in [2.45, 2.75) is 39.9 Å². The van der Waals surface area contributed by atoms with Crippen LogP contribution in [0.2, 0.25) is 0 Å². The molecule has 0 radical (unpaired) electrons. The number of nitrogens with two attached hydrogens (primary N) is 1. The van der Waals surface area contributed by atoms with Gasteiger partial charge < -0.3 is 15.8 Å². The number of halogens is 1. The normalized spacial score (nSPS) is 12.4. The van der Waals surface area contributed by atoms with Crippen LogP contribution < -0.4 is 15.8 Å². The number of nitrogens with zero attached hydrogens (tertiary/aromatic N) is 2. The number of amides is 1. The predicted octanol–water partition coefficient (Wildman–Crippen LogP) is 4.05. The number of rotatable bonds is 7. The molecule has 0 aliphatic carbocycles. The van der Waals surface area contributed by atoms with Gasteiger partial charge in [-0.3, -0.25) is 9.48 Å². The van der Waals surface area contributed by atoms with Crippen LogP contribution in [0.3, 0.4) is 0 Å². The molecule has 3 aromatic rings. The number of carbonyl (C=O) groups is 1. The van der Waals surface area contributed by atoms with Crippen LogP contribution in [-0.4, -0.2) is 21.9 Å². The second-order valence-corrected chi connectivity index (χ2v) is 7.17. The van der Waals surface area contributed by atoms with E-state index in [1.807, 2.05) is 11.6 Å². The summed E-state index contributed by atoms with van der Waals surface area (Å²) in [7, 11) is 0. The van der Waals surface area contributed by atoms with E-state index in [1.165, 1.54) is 24.3 Å². The van der Waals surface area contributed by atoms with E-state index in [2.05, 4.69) is 24.3 Å². The Labute approximate surface area is 163 Å². The molecule has 1 unspecified atom stereocenters. The molecular weight excluding hydrogens is 359 g/mol. The second kappa shape index (κ2) is 8.39. The zero-order valence-electron chi connectivity index (χ0n) is 16.3. The van der Waals surface area contributed by atoms with Gasteiger partial charge in [0.25, 0.3) is 5.91 Å². The maximum absolute atomic E-state index is 13.2. The molecule has 0 spiro atoms. The Morgan fingerprint density at radius 3 is 2.64 bits per heavy atom. The van der Waals surface area contributed by atoms with E-state index in [0.717, 1.165) is 17.4 Å². The number of fused-ring (bicyclic) bond motifs is 1. The van der Waals surface area contributed by atoms with Crippen LogP contribution in [0, 0.1) is 11.7 Å². The zero-order valence-corrected chi connectivity index (χ0v) is 16.3. The molecule has 6 nitrogen and oxygen atoms in total. The smallest absolute Gasteiger partial charge is 0.256 e. The molecule has 7 heteroatoms. The van der Waals surface area contributed by atoms with Crippen molar-refractivity contribution in [3.8, 4) is 11.5 Å². The van der Waals surface area contributed by atoms with Crippen molar-refractivity contribution in [1.29, 1.82) is 0 Å². The van der Waals surface area contributed by atoms with Crippen molar-refractivity contribution in [2.75, 3.05) is 0 Å². The highest BCUT2D eigenvalue weighted by Gasteiger charge is 2.19. The lowest BCUT2D eigenvalue weighted by Gasteiger charge is -2.15. The van der Waals surface area contributed by atoms with Gasteiger partial charge in [-0.1, -0.05) is 20.8 Å². The molecule has 1 aromatic heterocycles. The molecule has 0 bridgehead atoms. The molecular formula is C21H25FN4O2. The van der Waals surface area contributed by atoms with E-state index in [-0.39, 0.29) is 11.7 Å². The van der Waals surface area contributed by atoms with Gasteiger partial charge in [-0.05, 0) is 48.7 Å². The number of ether oxygens (including phenoxy) is 1. The molecule has 0 saturated heterocycles. The third-order valence-corrected chi connectivity index (χ3v) is 4.32. The number of hydrogen-bond acceptors (Lipinski definition) is 4. The van der Waals surface area contributed by atoms with Gasteiger partial charge in [0.2, 0.25) is 0 Å². The molecule has 3 N–H and O–H groups in total. The van der Waals surface area contributed by atoms with Crippen LogP contribution in [0.25, 0.3) is 10.9 Å². The summed E-state index contributed by atoms with van der Waals surface area (Å²) >= 11 is 0. The lowest BCUT2D eigenvalue weighted by molar-refractivity contribution is 0.0935. The average Bonchev–Trinajstić information content (AvgIpc) is 3.03. The molecule has 148 valence electrons. The van der Waals surface area contributed by atoms with Crippen LogP contribution in [0.5, 0.6) is 11.5 Å². The molecule has 1 amide bonds. The van der Waals surface area contributed by atoms with Gasteiger partial charge >= 0.3 is 0 Å². The summed E-state index contributed by atoms with van der Waals surface area (Å²) in [5.41, 5.74) is 7.08. The van der Waals surface area contributed by atoms with E-state index in [9.17, 15) is 9.18 Å².